The van der Waals surface area contributed by atoms with Gasteiger partial charge in [-0.1, -0.05) is 72.8 Å². The molecule has 3 aromatic carbocycles. The summed E-state index contributed by atoms with van der Waals surface area (Å²) in [5.41, 5.74) is 7.99. The summed E-state index contributed by atoms with van der Waals surface area (Å²) in [5, 5.41) is 8.59. The Morgan fingerprint density at radius 1 is 0.674 bits per heavy atom. The minimum atomic E-state index is -1.11. The van der Waals surface area contributed by atoms with Crippen LogP contribution in [0.15, 0.2) is 84.9 Å². The van der Waals surface area contributed by atoms with E-state index in [0.717, 1.165) is 11.1 Å². The van der Waals surface area contributed by atoms with Gasteiger partial charge in [0.2, 0.25) is 29.5 Å². The second kappa shape index (κ2) is 13.3. The van der Waals surface area contributed by atoms with Gasteiger partial charge in [0, 0.05) is 31.4 Å². The molecule has 43 heavy (non-hydrogen) atoms. The molecule has 10 nitrogen and oxygen atoms in total. The summed E-state index contributed by atoms with van der Waals surface area (Å²) in [7, 11) is 0. The summed E-state index contributed by atoms with van der Waals surface area (Å²) < 4.78 is 0. The first-order chi connectivity index (χ1) is 20.8. The minimum absolute atomic E-state index is 0.0310. The number of hydrogen-bond donors (Lipinski definition) is 4. The lowest BCUT2D eigenvalue weighted by molar-refractivity contribution is -0.143. The van der Waals surface area contributed by atoms with E-state index in [9.17, 15) is 24.0 Å². The maximum absolute atomic E-state index is 14.0. The van der Waals surface area contributed by atoms with E-state index in [1.165, 1.54) is 4.90 Å². The van der Waals surface area contributed by atoms with Crippen LogP contribution in [0, 0.1) is 0 Å². The maximum atomic E-state index is 14.0. The molecule has 5 amide bonds. The van der Waals surface area contributed by atoms with Gasteiger partial charge < -0.3 is 26.6 Å². The van der Waals surface area contributed by atoms with Crippen molar-refractivity contribution in [3.05, 3.63) is 107 Å². The summed E-state index contributed by atoms with van der Waals surface area (Å²) in [6.45, 7) is 0.372. The third-order valence-corrected chi connectivity index (χ3v) is 7.94. The van der Waals surface area contributed by atoms with E-state index < -0.39 is 47.8 Å². The molecule has 222 valence electrons. The average Bonchev–Trinajstić information content (AvgIpc) is 3.51. The van der Waals surface area contributed by atoms with Crippen molar-refractivity contribution >= 4 is 29.5 Å². The number of carbonyl (C=O) groups is 5. The molecule has 0 bridgehead atoms. The first-order valence-corrected chi connectivity index (χ1v) is 14.5. The second-order valence-electron chi connectivity index (χ2n) is 11.0. The molecule has 2 aliphatic heterocycles. The Labute approximate surface area is 250 Å². The molecule has 0 saturated carbocycles. The van der Waals surface area contributed by atoms with Gasteiger partial charge >= 0.3 is 0 Å². The number of primary amides is 1. The molecule has 2 fully saturated rings. The number of nitrogens with one attached hydrogen (secondary N) is 3. The zero-order chi connectivity index (χ0) is 30.3. The van der Waals surface area contributed by atoms with E-state index in [1.807, 2.05) is 60.7 Å². The monoisotopic (exact) mass is 581 g/mol. The van der Waals surface area contributed by atoms with E-state index in [-0.39, 0.29) is 30.7 Å². The van der Waals surface area contributed by atoms with Crippen molar-refractivity contribution in [2.24, 2.45) is 5.73 Å². The van der Waals surface area contributed by atoms with Gasteiger partial charge in [0.25, 0.3) is 0 Å². The summed E-state index contributed by atoms with van der Waals surface area (Å²) in [4.78, 5) is 68.5. The van der Waals surface area contributed by atoms with Crippen molar-refractivity contribution in [3.63, 3.8) is 0 Å². The fourth-order valence-corrected chi connectivity index (χ4v) is 5.72. The Kier molecular flexibility index (Phi) is 9.14. The highest BCUT2D eigenvalue weighted by molar-refractivity contribution is 5.98. The van der Waals surface area contributed by atoms with E-state index in [2.05, 4.69) is 16.0 Å². The zero-order valence-electron chi connectivity index (χ0n) is 23.7. The van der Waals surface area contributed by atoms with Gasteiger partial charge in [-0.2, -0.15) is 0 Å². The van der Waals surface area contributed by atoms with Crippen LogP contribution in [0.2, 0.25) is 0 Å². The largest absolute Gasteiger partial charge is 0.366 e. The van der Waals surface area contributed by atoms with Crippen LogP contribution >= 0.6 is 0 Å². The van der Waals surface area contributed by atoms with Crippen molar-refractivity contribution in [3.8, 4) is 0 Å². The molecule has 0 aliphatic carbocycles. The van der Waals surface area contributed by atoms with Crippen LogP contribution in [-0.2, 0) is 38.4 Å². The standard InChI is InChI=1S/C33H35N5O5/c34-29(39)24-14-7-13-23(17-24)20-26-31(41)37-27(19-22-11-5-2-6-12-22)33(43)38-16-8-15-28(38)32(42)36-25(30(40)35-26)18-21-9-3-1-4-10-21/h1-7,9-14,17,25-28H,8,15-16,18-20H2,(H2,34,39)(H,35,40)(H,36,42)(H,37,41)/t25-,26+,27-,28+/m0/s1. The van der Waals surface area contributed by atoms with E-state index >= 15 is 0 Å². The van der Waals surface area contributed by atoms with Crippen molar-refractivity contribution < 1.29 is 24.0 Å². The Hall–Kier alpha value is -4.99. The van der Waals surface area contributed by atoms with Crippen LogP contribution < -0.4 is 21.7 Å². The van der Waals surface area contributed by atoms with Gasteiger partial charge in [-0.3, -0.25) is 24.0 Å². The number of carbonyl (C=O) groups excluding carboxylic acids is 5. The van der Waals surface area contributed by atoms with E-state index in [4.69, 9.17) is 5.73 Å². The van der Waals surface area contributed by atoms with E-state index in [0.29, 0.717) is 24.9 Å². The SMILES string of the molecule is NC(=O)c1cccc(C[C@H]2NC(=O)[C@H](Cc3ccccc3)NC(=O)[C@H]3CCCN3C(=O)[C@H](Cc3ccccc3)NC2=O)c1. The first-order valence-electron chi connectivity index (χ1n) is 14.5. The van der Waals surface area contributed by atoms with Gasteiger partial charge in [-0.25, -0.2) is 0 Å². The van der Waals surface area contributed by atoms with Crippen LogP contribution in [0.1, 0.15) is 39.9 Å². The topological polar surface area (TPSA) is 151 Å². The fourth-order valence-electron chi connectivity index (χ4n) is 5.72. The molecule has 0 radical (unpaired) electrons. The van der Waals surface area contributed by atoms with Crippen LogP contribution in [0.5, 0.6) is 0 Å². The molecule has 0 aromatic heterocycles. The van der Waals surface area contributed by atoms with Crippen molar-refractivity contribution in [2.75, 3.05) is 6.54 Å². The summed E-state index contributed by atoms with van der Waals surface area (Å²) in [5.74, 6) is -2.45. The highest BCUT2D eigenvalue weighted by Crippen LogP contribution is 2.21. The van der Waals surface area contributed by atoms with Gasteiger partial charge in [0.1, 0.15) is 24.2 Å². The average molecular weight is 582 g/mol. The highest BCUT2D eigenvalue weighted by atomic mass is 16.2. The van der Waals surface area contributed by atoms with Crippen molar-refractivity contribution in [1.29, 1.82) is 0 Å². The number of nitrogens with zero attached hydrogens (tertiary/aromatic N) is 1. The minimum Gasteiger partial charge on any atom is -0.366 e. The Morgan fingerprint density at radius 2 is 1.19 bits per heavy atom. The molecule has 0 unspecified atom stereocenters. The predicted octanol–water partition coefficient (Wildman–Crippen LogP) is 1.27. The predicted molar refractivity (Wildman–Crippen MR) is 159 cm³/mol. The lowest BCUT2D eigenvalue weighted by atomic mass is 9.99. The van der Waals surface area contributed by atoms with Gasteiger partial charge in [0.05, 0.1) is 0 Å². The maximum Gasteiger partial charge on any atom is 0.248 e. The summed E-state index contributed by atoms with van der Waals surface area (Å²) in [6, 6.07) is 21.3. The van der Waals surface area contributed by atoms with Crippen LogP contribution in [0.4, 0.5) is 0 Å². The summed E-state index contributed by atoms with van der Waals surface area (Å²) in [6.07, 6.45) is 1.53. The molecule has 2 aliphatic rings. The first kappa shape index (κ1) is 29.5. The van der Waals surface area contributed by atoms with Gasteiger partial charge in [-0.15, -0.1) is 0 Å². The molecule has 5 rings (SSSR count). The molecule has 5 N–H and O–H groups in total. The normalized spacial score (nSPS) is 22.8. The molecule has 0 spiro atoms. The number of benzene rings is 3. The number of nitrogens with two attached hydrogens (primary N) is 1. The van der Waals surface area contributed by atoms with Gasteiger partial charge in [-0.05, 0) is 41.7 Å². The smallest absolute Gasteiger partial charge is 0.248 e. The van der Waals surface area contributed by atoms with Gasteiger partial charge in [0.15, 0.2) is 0 Å². The lowest BCUT2D eigenvalue weighted by Crippen LogP contribution is -2.62. The van der Waals surface area contributed by atoms with Crippen LogP contribution in [0.25, 0.3) is 0 Å². The van der Waals surface area contributed by atoms with E-state index in [1.54, 1.807) is 24.3 Å². The lowest BCUT2D eigenvalue weighted by Gasteiger charge is -2.32. The molecule has 10 heteroatoms. The number of amides is 5. The molecular weight excluding hydrogens is 546 g/mol. The highest BCUT2D eigenvalue weighted by Gasteiger charge is 2.40. The Bertz CT molecular complexity index is 1500. The third-order valence-electron chi connectivity index (χ3n) is 7.94. The van der Waals surface area contributed by atoms with Crippen molar-refractivity contribution in [2.45, 2.75) is 56.3 Å². The number of hydrogen-bond acceptors (Lipinski definition) is 5. The molecule has 4 atom stereocenters. The van der Waals surface area contributed by atoms with Crippen LogP contribution in [0.3, 0.4) is 0 Å². The molecular formula is C33H35N5O5. The molecule has 3 aromatic rings. The van der Waals surface area contributed by atoms with Crippen LogP contribution in [-0.4, -0.2) is 65.1 Å². The molecule has 2 saturated heterocycles. The Morgan fingerprint density at radius 3 is 1.79 bits per heavy atom. The fraction of sp³-hybridized carbons (Fsp3) is 0.303. The zero-order valence-corrected chi connectivity index (χ0v) is 23.7. The van der Waals surface area contributed by atoms with Crippen molar-refractivity contribution in [1.82, 2.24) is 20.9 Å². The molecule has 2 heterocycles. The third kappa shape index (κ3) is 7.27. The number of fused-ring (bicyclic) bond motifs is 1. The quantitative estimate of drug-likeness (QED) is 0.331. The number of rotatable bonds is 7. The Balaban J connectivity index is 1.50. The second-order valence-corrected chi connectivity index (χ2v) is 11.0. The summed E-state index contributed by atoms with van der Waals surface area (Å²) >= 11 is 0.